The Balaban J connectivity index is 2.79. The molecule has 0 aliphatic rings. The lowest BCUT2D eigenvalue weighted by atomic mass is 9.90. The van der Waals surface area contributed by atoms with Gasteiger partial charge in [0, 0.05) is 6.54 Å². The first-order valence-electron chi connectivity index (χ1n) is 4.30. The van der Waals surface area contributed by atoms with Crippen LogP contribution in [0, 0.1) is 5.41 Å². The molecule has 0 saturated heterocycles. The van der Waals surface area contributed by atoms with Crippen molar-refractivity contribution >= 4 is 21.9 Å². The highest BCUT2D eigenvalue weighted by Gasteiger charge is 2.18. The molecule has 0 spiro atoms. The topological polar surface area (TPSA) is 56.7 Å². The molecular formula is C8H15BrN4. The minimum atomic E-state index is 0.225. The second kappa shape index (κ2) is 3.65. The summed E-state index contributed by atoms with van der Waals surface area (Å²) in [6, 6.07) is 0. The van der Waals surface area contributed by atoms with E-state index in [4.69, 9.17) is 5.73 Å². The third kappa shape index (κ3) is 2.69. The molecule has 0 aliphatic heterocycles. The fraction of sp³-hybridized carbons (Fsp3) is 0.750. The fourth-order valence-electron chi connectivity index (χ4n) is 0.957. The average Bonchev–Trinajstić information content (AvgIpc) is 2.30. The third-order valence-electron chi connectivity index (χ3n) is 2.18. The molecule has 0 saturated carbocycles. The largest absolute Gasteiger partial charge is 0.366 e. The third-order valence-corrected chi connectivity index (χ3v) is 2.76. The van der Waals surface area contributed by atoms with Crippen molar-refractivity contribution < 1.29 is 0 Å². The highest BCUT2D eigenvalue weighted by Crippen LogP contribution is 2.23. The van der Waals surface area contributed by atoms with E-state index in [1.165, 1.54) is 0 Å². The zero-order valence-electron chi connectivity index (χ0n) is 8.21. The molecule has 0 atom stereocenters. The average molecular weight is 247 g/mol. The van der Waals surface area contributed by atoms with Gasteiger partial charge < -0.3 is 5.73 Å². The molecule has 5 heteroatoms. The molecule has 1 rings (SSSR count). The summed E-state index contributed by atoms with van der Waals surface area (Å²) in [6.45, 7) is 7.37. The van der Waals surface area contributed by atoms with Crippen LogP contribution in [-0.4, -0.2) is 14.8 Å². The smallest absolute Gasteiger partial charge is 0.240 e. The Morgan fingerprint density at radius 2 is 2.15 bits per heavy atom. The number of nitrogens with zero attached hydrogens (tertiary/aromatic N) is 3. The molecule has 74 valence electrons. The van der Waals surface area contributed by atoms with Gasteiger partial charge in [-0.2, -0.15) is 4.98 Å². The summed E-state index contributed by atoms with van der Waals surface area (Å²) in [5.41, 5.74) is 5.69. The Labute approximate surface area is 86.7 Å². The molecule has 0 fully saturated rings. The number of anilines is 1. The summed E-state index contributed by atoms with van der Waals surface area (Å²) < 4.78 is 2.49. The molecule has 1 aromatic heterocycles. The lowest BCUT2D eigenvalue weighted by molar-refractivity contribution is 0.277. The van der Waals surface area contributed by atoms with Gasteiger partial charge in [-0.1, -0.05) is 20.8 Å². The molecule has 4 nitrogen and oxygen atoms in total. The van der Waals surface area contributed by atoms with Crippen molar-refractivity contribution in [3.8, 4) is 0 Å². The van der Waals surface area contributed by atoms with Crippen LogP contribution in [0.15, 0.2) is 4.73 Å². The summed E-state index contributed by atoms with van der Waals surface area (Å²) in [4.78, 5) is 3.98. The van der Waals surface area contributed by atoms with Gasteiger partial charge in [0.25, 0.3) is 0 Å². The van der Waals surface area contributed by atoms with Gasteiger partial charge >= 0.3 is 0 Å². The van der Waals surface area contributed by atoms with E-state index >= 15 is 0 Å². The number of nitrogen functional groups attached to an aromatic ring is 1. The number of nitrogens with two attached hydrogens (primary N) is 1. The Kier molecular flexibility index (Phi) is 2.95. The molecule has 0 unspecified atom stereocenters. The van der Waals surface area contributed by atoms with Crippen LogP contribution in [0.4, 0.5) is 5.95 Å². The van der Waals surface area contributed by atoms with Gasteiger partial charge in [0.2, 0.25) is 5.95 Å². The van der Waals surface area contributed by atoms with Crippen molar-refractivity contribution in [1.82, 2.24) is 14.8 Å². The maximum absolute atomic E-state index is 5.47. The highest BCUT2D eigenvalue weighted by molar-refractivity contribution is 9.10. The van der Waals surface area contributed by atoms with Crippen LogP contribution in [0.3, 0.4) is 0 Å². The first-order valence-corrected chi connectivity index (χ1v) is 5.10. The van der Waals surface area contributed by atoms with E-state index in [2.05, 4.69) is 46.8 Å². The van der Waals surface area contributed by atoms with E-state index in [1.54, 1.807) is 4.68 Å². The van der Waals surface area contributed by atoms with E-state index in [0.29, 0.717) is 10.7 Å². The quantitative estimate of drug-likeness (QED) is 0.889. The zero-order chi connectivity index (χ0) is 10.1. The van der Waals surface area contributed by atoms with Gasteiger partial charge in [-0.15, -0.1) is 5.10 Å². The second-order valence-corrected chi connectivity index (χ2v) is 4.62. The van der Waals surface area contributed by atoms with Gasteiger partial charge in [-0.3, -0.25) is 0 Å². The molecule has 0 bridgehead atoms. The number of hydrogen-bond acceptors (Lipinski definition) is 3. The summed E-state index contributed by atoms with van der Waals surface area (Å²) in [5.74, 6) is 0.318. The number of aromatic nitrogens is 3. The molecule has 0 aromatic carbocycles. The monoisotopic (exact) mass is 246 g/mol. The normalized spacial score (nSPS) is 12.0. The first kappa shape index (κ1) is 10.5. The summed E-state index contributed by atoms with van der Waals surface area (Å²) in [5, 5.41) is 4.08. The molecule has 1 aromatic rings. The predicted molar refractivity (Wildman–Crippen MR) is 56.2 cm³/mol. The minimum absolute atomic E-state index is 0.225. The standard InChI is InChI=1S/C8H15BrN4/c1-4-8(2,3)5-13-6(9)11-7(10)12-13/h4-5H2,1-3H3,(H2,10,12). The summed E-state index contributed by atoms with van der Waals surface area (Å²) in [6.07, 6.45) is 1.10. The molecule has 1 heterocycles. The van der Waals surface area contributed by atoms with Crippen LogP contribution in [-0.2, 0) is 6.54 Å². The molecule has 0 radical (unpaired) electrons. The Hall–Kier alpha value is -0.580. The van der Waals surface area contributed by atoms with Crippen LogP contribution < -0.4 is 5.73 Å². The van der Waals surface area contributed by atoms with E-state index in [-0.39, 0.29) is 5.41 Å². The second-order valence-electron chi connectivity index (χ2n) is 3.91. The molecule has 0 aliphatic carbocycles. The van der Waals surface area contributed by atoms with E-state index in [9.17, 15) is 0 Å². The number of rotatable bonds is 3. The van der Waals surface area contributed by atoms with Gasteiger partial charge in [0.1, 0.15) is 0 Å². The first-order chi connectivity index (χ1) is 5.94. The highest BCUT2D eigenvalue weighted by atomic mass is 79.9. The van der Waals surface area contributed by atoms with Crippen molar-refractivity contribution in [2.24, 2.45) is 5.41 Å². The molecule has 0 amide bonds. The van der Waals surface area contributed by atoms with Crippen LogP contribution >= 0.6 is 15.9 Å². The van der Waals surface area contributed by atoms with Crippen molar-refractivity contribution in [2.75, 3.05) is 5.73 Å². The fourth-order valence-corrected chi connectivity index (χ4v) is 1.34. The Bertz CT molecular complexity index is 292. The maximum Gasteiger partial charge on any atom is 0.240 e. The lowest BCUT2D eigenvalue weighted by Crippen LogP contribution is -2.19. The van der Waals surface area contributed by atoms with Crippen LogP contribution in [0.1, 0.15) is 27.2 Å². The van der Waals surface area contributed by atoms with E-state index < -0.39 is 0 Å². The zero-order valence-corrected chi connectivity index (χ0v) is 9.80. The van der Waals surface area contributed by atoms with Crippen molar-refractivity contribution in [2.45, 2.75) is 33.7 Å². The Morgan fingerprint density at radius 1 is 1.54 bits per heavy atom. The van der Waals surface area contributed by atoms with E-state index in [1.807, 2.05) is 0 Å². The van der Waals surface area contributed by atoms with Crippen LogP contribution in [0.5, 0.6) is 0 Å². The summed E-state index contributed by atoms with van der Waals surface area (Å²) >= 11 is 3.31. The van der Waals surface area contributed by atoms with Gasteiger partial charge in [0.05, 0.1) is 0 Å². The molecule has 2 N–H and O–H groups in total. The Morgan fingerprint density at radius 3 is 2.54 bits per heavy atom. The minimum Gasteiger partial charge on any atom is -0.366 e. The van der Waals surface area contributed by atoms with Gasteiger partial charge in [-0.05, 0) is 27.8 Å². The van der Waals surface area contributed by atoms with Crippen molar-refractivity contribution in [3.63, 3.8) is 0 Å². The van der Waals surface area contributed by atoms with Crippen molar-refractivity contribution in [3.05, 3.63) is 4.73 Å². The number of halogens is 1. The van der Waals surface area contributed by atoms with Gasteiger partial charge in [-0.25, -0.2) is 4.68 Å². The lowest BCUT2D eigenvalue weighted by Gasteiger charge is -2.22. The number of hydrogen-bond donors (Lipinski definition) is 1. The van der Waals surface area contributed by atoms with Crippen LogP contribution in [0.2, 0.25) is 0 Å². The summed E-state index contributed by atoms with van der Waals surface area (Å²) in [7, 11) is 0. The SMILES string of the molecule is CCC(C)(C)Cn1nc(N)nc1Br. The molecular weight excluding hydrogens is 232 g/mol. The predicted octanol–water partition coefficient (Wildman–Crippen LogP) is 2.06. The maximum atomic E-state index is 5.47. The van der Waals surface area contributed by atoms with Crippen molar-refractivity contribution in [1.29, 1.82) is 0 Å². The van der Waals surface area contributed by atoms with Crippen LogP contribution in [0.25, 0.3) is 0 Å². The molecule has 13 heavy (non-hydrogen) atoms. The van der Waals surface area contributed by atoms with Gasteiger partial charge in [0.15, 0.2) is 4.73 Å². The van der Waals surface area contributed by atoms with E-state index in [0.717, 1.165) is 13.0 Å².